The summed E-state index contributed by atoms with van der Waals surface area (Å²) in [6, 6.07) is 1.67. The van der Waals surface area contributed by atoms with Crippen molar-refractivity contribution in [2.24, 2.45) is 17.2 Å². The van der Waals surface area contributed by atoms with Crippen LogP contribution < -0.4 is 33.2 Å². The molecule has 3 unspecified atom stereocenters. The Morgan fingerprint density at radius 1 is 0.853 bits per heavy atom. The summed E-state index contributed by atoms with van der Waals surface area (Å²) in [5, 5.41) is 25.0. The molecule has 1 aromatic rings. The van der Waals surface area contributed by atoms with Crippen LogP contribution in [0.4, 0.5) is 0 Å². The molecule has 5 amide bonds. The second-order valence-corrected chi connectivity index (χ2v) is 7.39. The average molecular weight is 480 g/mol. The molecule has 0 aliphatic rings. The molecule has 0 saturated heterocycles. The van der Waals surface area contributed by atoms with Gasteiger partial charge >= 0.3 is 5.97 Å². The average Bonchev–Trinajstić information content (AvgIpc) is 2.75. The number of primary amides is 2. The molecule has 0 spiro atoms. The third-order valence-corrected chi connectivity index (χ3v) is 4.50. The Balaban J connectivity index is 3.00. The Morgan fingerprint density at radius 2 is 1.44 bits per heavy atom. The van der Waals surface area contributed by atoms with Crippen molar-refractivity contribution in [3.63, 3.8) is 0 Å². The molecule has 1 rings (SSSR count). The van der Waals surface area contributed by atoms with Crippen LogP contribution in [0, 0.1) is 0 Å². The van der Waals surface area contributed by atoms with Crippen molar-refractivity contribution in [3.8, 4) is 5.75 Å². The lowest BCUT2D eigenvalue weighted by atomic mass is 10.0. The van der Waals surface area contributed by atoms with Gasteiger partial charge in [-0.3, -0.25) is 28.8 Å². The highest BCUT2D eigenvalue weighted by atomic mass is 16.4. The number of phenols is 1. The first kappa shape index (κ1) is 27.8. The van der Waals surface area contributed by atoms with E-state index in [4.69, 9.17) is 22.3 Å². The van der Waals surface area contributed by atoms with Crippen molar-refractivity contribution in [2.45, 2.75) is 43.8 Å². The quantitative estimate of drug-likeness (QED) is 0.132. The van der Waals surface area contributed by atoms with E-state index < -0.39 is 66.6 Å². The molecule has 0 fully saturated rings. The first-order chi connectivity index (χ1) is 15.9. The molecule has 0 aromatic heterocycles. The van der Waals surface area contributed by atoms with Crippen molar-refractivity contribution >= 4 is 35.5 Å². The number of aromatic hydroxyl groups is 1. The molecule has 1 aromatic carbocycles. The number of hydrogen-bond donors (Lipinski definition) is 8. The summed E-state index contributed by atoms with van der Waals surface area (Å²) < 4.78 is 0. The number of rotatable bonds is 14. The van der Waals surface area contributed by atoms with Crippen molar-refractivity contribution in [1.82, 2.24) is 16.0 Å². The van der Waals surface area contributed by atoms with E-state index in [2.05, 4.69) is 16.0 Å². The standard InChI is InChI=1S/C20H28N6O8/c21-12(5-6-15(22)28)18(32)25-14(8-16(23)29)20(34)26-13(19(33)24-9-17(30)31)7-10-1-3-11(27)4-2-10/h1-4,12-14,27H,5-9,21H2,(H2,22,28)(H2,23,29)(H,24,33)(H,25,32)(H,26,34)(H,30,31). The zero-order chi connectivity index (χ0) is 25.8. The second-order valence-electron chi connectivity index (χ2n) is 7.39. The summed E-state index contributed by atoms with van der Waals surface area (Å²) in [6.07, 6.45) is -1.01. The fraction of sp³-hybridized carbons (Fsp3) is 0.400. The van der Waals surface area contributed by atoms with E-state index in [1.165, 1.54) is 24.3 Å². The van der Waals surface area contributed by atoms with Crippen molar-refractivity contribution in [2.75, 3.05) is 6.54 Å². The van der Waals surface area contributed by atoms with Crippen LogP contribution in [0.15, 0.2) is 24.3 Å². The van der Waals surface area contributed by atoms with Gasteiger partial charge in [0.2, 0.25) is 29.5 Å². The molecule has 0 bridgehead atoms. The highest BCUT2D eigenvalue weighted by Gasteiger charge is 2.29. The van der Waals surface area contributed by atoms with Crippen LogP contribution in [0.25, 0.3) is 0 Å². The lowest BCUT2D eigenvalue weighted by molar-refractivity contribution is -0.138. The monoisotopic (exact) mass is 480 g/mol. The fourth-order valence-electron chi connectivity index (χ4n) is 2.75. The predicted molar refractivity (Wildman–Crippen MR) is 117 cm³/mol. The first-order valence-corrected chi connectivity index (χ1v) is 10.1. The molecular formula is C20H28N6O8. The van der Waals surface area contributed by atoms with Gasteiger partial charge in [0.15, 0.2) is 0 Å². The SMILES string of the molecule is NC(=O)CCC(N)C(=O)NC(CC(N)=O)C(=O)NC(Cc1ccc(O)cc1)C(=O)NCC(=O)O. The Bertz CT molecular complexity index is 920. The highest BCUT2D eigenvalue weighted by Crippen LogP contribution is 2.12. The molecule has 0 aliphatic carbocycles. The zero-order valence-corrected chi connectivity index (χ0v) is 18.2. The van der Waals surface area contributed by atoms with E-state index in [0.717, 1.165) is 0 Å². The van der Waals surface area contributed by atoms with E-state index >= 15 is 0 Å². The van der Waals surface area contributed by atoms with Crippen LogP contribution in [0.2, 0.25) is 0 Å². The largest absolute Gasteiger partial charge is 0.508 e. The molecule has 14 heteroatoms. The number of carboxylic acid groups (broad SMARTS) is 1. The smallest absolute Gasteiger partial charge is 0.322 e. The number of nitrogens with two attached hydrogens (primary N) is 3. The number of phenolic OH excluding ortho intramolecular Hbond substituents is 1. The van der Waals surface area contributed by atoms with Crippen molar-refractivity contribution < 1.29 is 39.0 Å². The maximum atomic E-state index is 12.8. The van der Waals surface area contributed by atoms with E-state index in [1.54, 1.807) is 0 Å². The number of hydrogen-bond acceptors (Lipinski definition) is 8. The van der Waals surface area contributed by atoms with Gasteiger partial charge in [-0.15, -0.1) is 0 Å². The van der Waals surface area contributed by atoms with Gasteiger partial charge in [0, 0.05) is 12.8 Å². The number of carboxylic acids is 1. The van der Waals surface area contributed by atoms with Crippen LogP contribution in [0.5, 0.6) is 5.75 Å². The van der Waals surface area contributed by atoms with Crippen LogP contribution in [-0.2, 0) is 35.2 Å². The molecule has 0 saturated carbocycles. The normalized spacial score (nSPS) is 13.1. The van der Waals surface area contributed by atoms with Gasteiger partial charge in [-0.25, -0.2) is 0 Å². The molecule has 0 radical (unpaired) electrons. The van der Waals surface area contributed by atoms with E-state index in [0.29, 0.717) is 5.56 Å². The highest BCUT2D eigenvalue weighted by molar-refractivity contribution is 5.96. The summed E-state index contributed by atoms with van der Waals surface area (Å²) in [5.41, 5.74) is 16.4. The first-order valence-electron chi connectivity index (χ1n) is 10.1. The third-order valence-electron chi connectivity index (χ3n) is 4.50. The lowest BCUT2D eigenvalue weighted by Gasteiger charge is -2.23. The van der Waals surface area contributed by atoms with Crippen LogP contribution in [-0.4, -0.2) is 70.4 Å². The molecule has 3 atom stereocenters. The van der Waals surface area contributed by atoms with Gasteiger partial charge in [-0.05, 0) is 24.1 Å². The van der Waals surface area contributed by atoms with E-state index in [9.17, 15) is 33.9 Å². The van der Waals surface area contributed by atoms with Gasteiger partial charge in [-0.2, -0.15) is 0 Å². The third kappa shape index (κ3) is 10.4. The molecule has 14 nitrogen and oxygen atoms in total. The van der Waals surface area contributed by atoms with Gasteiger partial charge < -0.3 is 43.4 Å². The topological polar surface area (TPSA) is 257 Å². The second kappa shape index (κ2) is 13.4. The summed E-state index contributed by atoms with van der Waals surface area (Å²) in [5.74, 6) is -5.61. The molecule has 0 aliphatic heterocycles. The Kier molecular flexibility index (Phi) is 10.9. The van der Waals surface area contributed by atoms with Crippen LogP contribution in [0.1, 0.15) is 24.8 Å². The number of amides is 5. The number of benzene rings is 1. The van der Waals surface area contributed by atoms with Gasteiger partial charge in [0.25, 0.3) is 0 Å². The van der Waals surface area contributed by atoms with Crippen molar-refractivity contribution in [3.05, 3.63) is 29.8 Å². The summed E-state index contributed by atoms with van der Waals surface area (Å²) in [6.45, 7) is -0.711. The molecule has 34 heavy (non-hydrogen) atoms. The molecular weight excluding hydrogens is 452 g/mol. The Morgan fingerprint density at radius 3 is 1.97 bits per heavy atom. The minimum Gasteiger partial charge on any atom is -0.508 e. The maximum absolute atomic E-state index is 12.8. The summed E-state index contributed by atoms with van der Waals surface area (Å²) >= 11 is 0. The van der Waals surface area contributed by atoms with Gasteiger partial charge in [0.05, 0.1) is 12.5 Å². The Hall–Kier alpha value is -4.20. The molecule has 186 valence electrons. The zero-order valence-electron chi connectivity index (χ0n) is 18.2. The molecule has 0 heterocycles. The maximum Gasteiger partial charge on any atom is 0.322 e. The minimum atomic E-state index is -1.50. The fourth-order valence-corrected chi connectivity index (χ4v) is 2.75. The number of nitrogens with one attached hydrogen (secondary N) is 3. The van der Waals surface area contributed by atoms with Crippen LogP contribution in [0.3, 0.4) is 0 Å². The van der Waals surface area contributed by atoms with E-state index in [1.807, 2.05) is 0 Å². The number of carbonyl (C=O) groups is 6. The van der Waals surface area contributed by atoms with E-state index in [-0.39, 0.29) is 25.0 Å². The Labute approximate surface area is 194 Å². The molecule has 11 N–H and O–H groups in total. The summed E-state index contributed by atoms with van der Waals surface area (Å²) in [7, 11) is 0. The lowest BCUT2D eigenvalue weighted by Crippen LogP contribution is -2.57. The van der Waals surface area contributed by atoms with Crippen LogP contribution >= 0.6 is 0 Å². The van der Waals surface area contributed by atoms with Gasteiger partial charge in [0.1, 0.15) is 24.4 Å². The number of carbonyl (C=O) groups excluding carboxylic acids is 5. The van der Waals surface area contributed by atoms with Gasteiger partial charge in [-0.1, -0.05) is 12.1 Å². The van der Waals surface area contributed by atoms with Crippen molar-refractivity contribution in [1.29, 1.82) is 0 Å². The minimum absolute atomic E-state index is 0.0310. The predicted octanol–water partition coefficient (Wildman–Crippen LogP) is -3.43. The number of aliphatic carboxylic acids is 1. The summed E-state index contributed by atoms with van der Waals surface area (Å²) in [4.78, 5) is 70.7.